The smallest absolute Gasteiger partial charge is 0.196 e. The van der Waals surface area contributed by atoms with Gasteiger partial charge in [0.1, 0.15) is 5.78 Å². The molecule has 1 nitrogen and oxygen atoms in total. The molecule has 0 aromatic heterocycles. The van der Waals surface area contributed by atoms with Gasteiger partial charge in [-0.2, -0.15) is 0 Å². The van der Waals surface area contributed by atoms with Gasteiger partial charge in [0, 0.05) is 0 Å². The van der Waals surface area contributed by atoms with Crippen LogP contribution in [0.1, 0.15) is 6.92 Å². The number of rotatable bonds is 1. The van der Waals surface area contributed by atoms with Crippen LogP contribution in [0.2, 0.25) is 0 Å². The lowest BCUT2D eigenvalue weighted by atomic mass is 9.95. The van der Waals surface area contributed by atoms with Gasteiger partial charge in [0.2, 0.25) is 0 Å². The number of hydrogen-bond acceptors (Lipinski definition) is 1. The molecular formula is C8H8BrFO. The van der Waals surface area contributed by atoms with Crippen LogP contribution in [0.25, 0.3) is 0 Å². The SMILES string of the molecule is CC(=O)C1C=CC=CC1(F)Br. The molecule has 0 heterocycles. The first kappa shape index (κ1) is 8.65. The van der Waals surface area contributed by atoms with Crippen LogP contribution in [0, 0.1) is 5.92 Å². The topological polar surface area (TPSA) is 17.1 Å². The van der Waals surface area contributed by atoms with E-state index in [0.29, 0.717) is 0 Å². The third-order valence-corrected chi connectivity index (χ3v) is 2.34. The monoisotopic (exact) mass is 218 g/mol. The second-order valence-electron chi connectivity index (χ2n) is 2.51. The Morgan fingerprint density at radius 2 is 2.27 bits per heavy atom. The molecule has 0 saturated carbocycles. The summed E-state index contributed by atoms with van der Waals surface area (Å²) in [5.74, 6) is -0.863. The first-order valence-corrected chi connectivity index (χ1v) is 4.07. The zero-order valence-corrected chi connectivity index (χ0v) is 7.64. The van der Waals surface area contributed by atoms with E-state index in [-0.39, 0.29) is 5.78 Å². The van der Waals surface area contributed by atoms with Crippen molar-refractivity contribution in [3.63, 3.8) is 0 Å². The largest absolute Gasteiger partial charge is 0.299 e. The van der Waals surface area contributed by atoms with Crippen molar-refractivity contribution in [3.05, 3.63) is 24.3 Å². The Morgan fingerprint density at radius 1 is 1.64 bits per heavy atom. The summed E-state index contributed by atoms with van der Waals surface area (Å²) in [6.07, 6.45) is 6.13. The Bertz CT molecular complexity index is 230. The second kappa shape index (κ2) is 2.89. The first-order chi connectivity index (χ1) is 5.04. The number of hydrogen-bond donors (Lipinski definition) is 0. The third kappa shape index (κ3) is 1.77. The quantitative estimate of drug-likeness (QED) is 0.618. The maximum Gasteiger partial charge on any atom is 0.196 e. The summed E-state index contributed by atoms with van der Waals surface area (Å²) in [6.45, 7) is 1.38. The molecule has 0 radical (unpaired) electrons. The van der Waals surface area contributed by atoms with E-state index < -0.39 is 10.5 Å². The lowest BCUT2D eigenvalue weighted by molar-refractivity contribution is -0.120. The molecule has 0 aromatic rings. The van der Waals surface area contributed by atoms with Gasteiger partial charge in [-0.05, 0) is 28.9 Å². The molecule has 0 aliphatic heterocycles. The number of ketones is 1. The minimum Gasteiger partial charge on any atom is -0.299 e. The van der Waals surface area contributed by atoms with Crippen LogP contribution < -0.4 is 0 Å². The summed E-state index contributed by atoms with van der Waals surface area (Å²) >= 11 is 2.83. The molecular weight excluding hydrogens is 211 g/mol. The first-order valence-electron chi connectivity index (χ1n) is 3.28. The van der Waals surface area contributed by atoms with Crippen molar-refractivity contribution in [2.45, 2.75) is 11.5 Å². The van der Waals surface area contributed by atoms with Crippen LogP contribution in [0.15, 0.2) is 24.3 Å². The van der Waals surface area contributed by atoms with Crippen molar-refractivity contribution in [1.29, 1.82) is 0 Å². The van der Waals surface area contributed by atoms with Crippen molar-refractivity contribution in [1.82, 2.24) is 0 Å². The summed E-state index contributed by atoms with van der Waals surface area (Å²) < 4.78 is 11.7. The maximum absolute atomic E-state index is 13.3. The molecule has 1 aliphatic carbocycles. The molecule has 60 valence electrons. The average molecular weight is 219 g/mol. The molecule has 0 spiro atoms. The van der Waals surface area contributed by atoms with E-state index >= 15 is 0 Å². The van der Waals surface area contributed by atoms with Crippen LogP contribution in [-0.2, 0) is 4.79 Å². The van der Waals surface area contributed by atoms with E-state index in [1.165, 1.54) is 13.0 Å². The second-order valence-corrected chi connectivity index (χ2v) is 3.72. The zero-order chi connectivity index (χ0) is 8.48. The van der Waals surface area contributed by atoms with Crippen LogP contribution in [-0.4, -0.2) is 10.4 Å². The molecule has 3 heteroatoms. The highest BCUT2D eigenvalue weighted by atomic mass is 79.9. The fraction of sp³-hybridized carbons (Fsp3) is 0.375. The molecule has 2 unspecified atom stereocenters. The molecule has 0 amide bonds. The fourth-order valence-corrected chi connectivity index (χ4v) is 1.63. The number of carbonyl (C=O) groups excluding carboxylic acids is 1. The fourth-order valence-electron chi connectivity index (χ4n) is 0.998. The van der Waals surface area contributed by atoms with Gasteiger partial charge in [-0.1, -0.05) is 18.2 Å². The van der Waals surface area contributed by atoms with Crippen LogP contribution in [0.4, 0.5) is 4.39 Å². The normalized spacial score (nSPS) is 35.7. The van der Waals surface area contributed by atoms with Crippen molar-refractivity contribution < 1.29 is 9.18 Å². The van der Waals surface area contributed by atoms with Crippen molar-refractivity contribution in [2.24, 2.45) is 5.92 Å². The van der Waals surface area contributed by atoms with Gasteiger partial charge >= 0.3 is 0 Å². The molecule has 0 N–H and O–H groups in total. The Kier molecular flexibility index (Phi) is 2.28. The highest BCUT2D eigenvalue weighted by Crippen LogP contribution is 2.35. The number of halogens is 2. The Labute approximate surface area is 73.1 Å². The highest BCUT2D eigenvalue weighted by molar-refractivity contribution is 9.10. The minimum atomic E-state index is -1.69. The van der Waals surface area contributed by atoms with E-state index in [0.717, 1.165) is 0 Å². The molecule has 1 rings (SSSR count). The molecule has 0 fully saturated rings. The molecule has 1 aliphatic rings. The van der Waals surface area contributed by atoms with Gasteiger partial charge in [-0.3, -0.25) is 4.79 Å². The van der Waals surface area contributed by atoms with E-state index in [2.05, 4.69) is 15.9 Å². The molecule has 0 bridgehead atoms. The summed E-state index contributed by atoms with van der Waals surface area (Å²) in [5, 5.41) is 0. The van der Waals surface area contributed by atoms with E-state index in [9.17, 15) is 9.18 Å². The number of alkyl halides is 2. The van der Waals surface area contributed by atoms with Gasteiger partial charge in [-0.25, -0.2) is 4.39 Å². The summed E-state index contributed by atoms with van der Waals surface area (Å²) in [4.78, 5) is 10.9. The molecule has 11 heavy (non-hydrogen) atoms. The summed E-state index contributed by atoms with van der Waals surface area (Å²) in [6, 6.07) is 0. The van der Waals surface area contributed by atoms with E-state index in [1.807, 2.05) is 0 Å². The molecule has 0 saturated heterocycles. The van der Waals surface area contributed by atoms with Crippen LogP contribution in [0.5, 0.6) is 0 Å². The lowest BCUT2D eigenvalue weighted by Gasteiger charge is -2.22. The van der Waals surface area contributed by atoms with Crippen LogP contribution >= 0.6 is 15.9 Å². The van der Waals surface area contributed by atoms with E-state index in [1.54, 1.807) is 18.2 Å². The third-order valence-electron chi connectivity index (χ3n) is 1.59. The number of allylic oxidation sites excluding steroid dienone is 4. The number of Topliss-reactive ketones (excluding diaryl/α,β-unsaturated/α-hetero) is 1. The Balaban J connectivity index is 2.89. The standard InChI is InChI=1S/C8H8BrFO/c1-6(11)7-4-2-3-5-8(7,9)10/h2-5,7H,1H3. The summed E-state index contributed by atoms with van der Waals surface area (Å²) in [7, 11) is 0. The van der Waals surface area contributed by atoms with Crippen molar-refractivity contribution >= 4 is 21.7 Å². The van der Waals surface area contributed by atoms with E-state index in [4.69, 9.17) is 0 Å². The maximum atomic E-state index is 13.3. The predicted molar refractivity (Wildman–Crippen MR) is 45.2 cm³/mol. The van der Waals surface area contributed by atoms with Gasteiger partial charge in [0.05, 0.1) is 5.92 Å². The van der Waals surface area contributed by atoms with Crippen molar-refractivity contribution in [3.8, 4) is 0 Å². The number of carbonyl (C=O) groups is 1. The Hall–Kier alpha value is -0.440. The summed E-state index contributed by atoms with van der Waals surface area (Å²) in [5.41, 5.74) is 0. The van der Waals surface area contributed by atoms with Crippen molar-refractivity contribution in [2.75, 3.05) is 0 Å². The lowest BCUT2D eigenvalue weighted by Crippen LogP contribution is -2.29. The van der Waals surface area contributed by atoms with Gasteiger partial charge < -0.3 is 0 Å². The predicted octanol–water partition coefficient (Wildman–Crippen LogP) is 2.38. The Morgan fingerprint density at radius 3 is 2.64 bits per heavy atom. The van der Waals surface area contributed by atoms with Gasteiger partial charge in [0.25, 0.3) is 0 Å². The molecule has 2 atom stereocenters. The zero-order valence-electron chi connectivity index (χ0n) is 6.05. The average Bonchev–Trinajstić information content (AvgIpc) is 1.85. The van der Waals surface area contributed by atoms with Gasteiger partial charge in [-0.15, -0.1) is 0 Å². The van der Waals surface area contributed by atoms with Crippen LogP contribution in [0.3, 0.4) is 0 Å². The highest BCUT2D eigenvalue weighted by Gasteiger charge is 2.36. The van der Waals surface area contributed by atoms with Gasteiger partial charge in [0.15, 0.2) is 4.58 Å². The minimum absolute atomic E-state index is 0.176. The molecule has 0 aromatic carbocycles.